The summed E-state index contributed by atoms with van der Waals surface area (Å²) in [5, 5.41) is 0.330. The second-order valence-corrected chi connectivity index (χ2v) is 5.23. The van der Waals surface area contributed by atoms with Gasteiger partial charge in [0, 0.05) is 6.20 Å². The zero-order valence-electron chi connectivity index (χ0n) is 12.6. The predicted octanol–water partition coefficient (Wildman–Crippen LogP) is 1.50. The highest BCUT2D eigenvalue weighted by molar-refractivity contribution is 6.14. The van der Waals surface area contributed by atoms with Crippen LogP contribution in [-0.2, 0) is 4.74 Å². The molecule has 1 aliphatic heterocycles. The fourth-order valence-corrected chi connectivity index (χ4v) is 2.77. The molecule has 0 saturated carbocycles. The summed E-state index contributed by atoms with van der Waals surface area (Å²) in [6, 6.07) is 7.77. The number of ether oxygens (including phenoxy) is 1. The van der Waals surface area contributed by atoms with E-state index in [4.69, 9.17) is 4.74 Å². The summed E-state index contributed by atoms with van der Waals surface area (Å²) < 4.78 is 6.20. The Balaban J connectivity index is 1.96. The Morgan fingerprint density at radius 2 is 2.08 bits per heavy atom. The van der Waals surface area contributed by atoms with E-state index >= 15 is 0 Å². The SMILES string of the molecule is CCOC(=O)c1ccc2c(c1)C(=O)c1nc3ncccc3c(=O)n1-2. The lowest BCUT2D eigenvalue weighted by atomic mass is 10.1. The van der Waals surface area contributed by atoms with Crippen LogP contribution < -0.4 is 5.56 Å². The molecule has 24 heavy (non-hydrogen) atoms. The number of carbonyl (C=O) groups is 2. The minimum absolute atomic E-state index is 0.00205. The molecule has 0 bridgehead atoms. The van der Waals surface area contributed by atoms with E-state index in [1.54, 1.807) is 25.1 Å². The van der Waals surface area contributed by atoms with Crippen molar-refractivity contribution in [2.45, 2.75) is 6.92 Å². The van der Waals surface area contributed by atoms with E-state index in [1.807, 2.05) is 0 Å². The van der Waals surface area contributed by atoms with Crippen LogP contribution in [0.1, 0.15) is 33.5 Å². The summed E-state index contributed by atoms with van der Waals surface area (Å²) in [7, 11) is 0. The lowest BCUT2D eigenvalue weighted by molar-refractivity contribution is 0.0526. The normalized spacial score (nSPS) is 12.1. The molecule has 118 valence electrons. The monoisotopic (exact) mass is 321 g/mol. The van der Waals surface area contributed by atoms with Gasteiger partial charge in [0.25, 0.3) is 5.56 Å². The average Bonchev–Trinajstić information content (AvgIpc) is 2.88. The number of esters is 1. The number of rotatable bonds is 2. The highest BCUT2D eigenvalue weighted by Crippen LogP contribution is 2.27. The maximum Gasteiger partial charge on any atom is 0.338 e. The van der Waals surface area contributed by atoms with Crippen LogP contribution in [0.5, 0.6) is 0 Å². The molecular weight excluding hydrogens is 310 g/mol. The van der Waals surface area contributed by atoms with E-state index in [1.165, 1.54) is 22.9 Å². The molecule has 0 N–H and O–H groups in total. The number of hydrogen-bond acceptors (Lipinski definition) is 6. The number of aromatic nitrogens is 3. The number of benzene rings is 1. The molecule has 0 radical (unpaired) electrons. The van der Waals surface area contributed by atoms with Gasteiger partial charge in [0.15, 0.2) is 11.5 Å². The maximum atomic E-state index is 12.7. The molecular formula is C17H11N3O4. The number of fused-ring (bicyclic) bond motifs is 4. The Kier molecular flexibility index (Phi) is 3.02. The first-order valence-electron chi connectivity index (χ1n) is 7.36. The number of pyridine rings is 1. The van der Waals surface area contributed by atoms with Crippen LogP contribution in [-0.4, -0.2) is 32.9 Å². The van der Waals surface area contributed by atoms with Gasteiger partial charge in [-0.2, -0.15) is 0 Å². The van der Waals surface area contributed by atoms with Crippen LogP contribution in [0.4, 0.5) is 0 Å². The van der Waals surface area contributed by atoms with Gasteiger partial charge in [-0.3, -0.25) is 14.2 Å². The van der Waals surface area contributed by atoms with Gasteiger partial charge in [0.1, 0.15) is 0 Å². The van der Waals surface area contributed by atoms with Crippen molar-refractivity contribution in [1.82, 2.24) is 14.5 Å². The summed E-state index contributed by atoms with van der Waals surface area (Å²) in [4.78, 5) is 45.4. The maximum absolute atomic E-state index is 12.7. The van der Waals surface area contributed by atoms with Crippen molar-refractivity contribution in [3.05, 3.63) is 63.8 Å². The fourth-order valence-electron chi connectivity index (χ4n) is 2.77. The van der Waals surface area contributed by atoms with Gasteiger partial charge in [-0.1, -0.05) is 0 Å². The third kappa shape index (κ3) is 1.88. The minimum atomic E-state index is -0.517. The molecule has 3 heterocycles. The summed E-state index contributed by atoms with van der Waals surface area (Å²) in [6.07, 6.45) is 1.51. The summed E-state index contributed by atoms with van der Waals surface area (Å²) in [5.74, 6) is -0.931. The van der Waals surface area contributed by atoms with Gasteiger partial charge in [0.2, 0.25) is 5.78 Å². The van der Waals surface area contributed by atoms with Crippen LogP contribution in [0.15, 0.2) is 41.3 Å². The van der Waals surface area contributed by atoms with Crippen LogP contribution in [0.2, 0.25) is 0 Å². The lowest BCUT2D eigenvalue weighted by Crippen LogP contribution is -2.21. The first kappa shape index (κ1) is 14.3. The second-order valence-electron chi connectivity index (χ2n) is 5.23. The summed E-state index contributed by atoms with van der Waals surface area (Å²) in [6.45, 7) is 1.94. The Hall–Kier alpha value is -3.35. The van der Waals surface area contributed by atoms with Crippen molar-refractivity contribution < 1.29 is 14.3 Å². The lowest BCUT2D eigenvalue weighted by Gasteiger charge is -2.06. The van der Waals surface area contributed by atoms with E-state index in [9.17, 15) is 14.4 Å². The Bertz CT molecular complexity index is 1080. The second kappa shape index (κ2) is 5.09. The van der Waals surface area contributed by atoms with Crippen molar-refractivity contribution in [3.63, 3.8) is 0 Å². The van der Waals surface area contributed by atoms with E-state index in [0.29, 0.717) is 11.1 Å². The predicted molar refractivity (Wildman–Crippen MR) is 84.5 cm³/mol. The molecule has 0 unspecified atom stereocenters. The van der Waals surface area contributed by atoms with Gasteiger partial charge in [0.05, 0.1) is 28.8 Å². The van der Waals surface area contributed by atoms with Gasteiger partial charge in [-0.15, -0.1) is 0 Å². The zero-order valence-corrected chi connectivity index (χ0v) is 12.6. The molecule has 1 aromatic carbocycles. The fraction of sp³-hybridized carbons (Fsp3) is 0.118. The van der Waals surface area contributed by atoms with Gasteiger partial charge in [-0.05, 0) is 37.3 Å². The highest BCUT2D eigenvalue weighted by Gasteiger charge is 2.31. The number of ketones is 1. The topological polar surface area (TPSA) is 91.2 Å². The van der Waals surface area contributed by atoms with E-state index in [-0.39, 0.29) is 34.8 Å². The third-order valence-corrected chi connectivity index (χ3v) is 3.84. The molecule has 0 aliphatic carbocycles. The number of nitrogens with zero attached hydrogens (tertiary/aromatic N) is 3. The molecule has 0 amide bonds. The molecule has 3 aromatic rings. The molecule has 4 rings (SSSR count). The van der Waals surface area contributed by atoms with E-state index in [2.05, 4.69) is 9.97 Å². The number of hydrogen-bond donors (Lipinski definition) is 0. The van der Waals surface area contributed by atoms with Crippen LogP contribution in [0, 0.1) is 0 Å². The van der Waals surface area contributed by atoms with Crippen molar-refractivity contribution in [2.24, 2.45) is 0 Å². The Morgan fingerprint density at radius 1 is 1.25 bits per heavy atom. The van der Waals surface area contributed by atoms with Crippen molar-refractivity contribution in [2.75, 3.05) is 6.61 Å². The quantitative estimate of drug-likeness (QED) is 0.520. The van der Waals surface area contributed by atoms with Crippen molar-refractivity contribution in [3.8, 4) is 5.69 Å². The van der Waals surface area contributed by atoms with Crippen LogP contribution in [0.3, 0.4) is 0 Å². The molecule has 0 spiro atoms. The highest BCUT2D eigenvalue weighted by atomic mass is 16.5. The first-order valence-corrected chi connectivity index (χ1v) is 7.36. The van der Waals surface area contributed by atoms with E-state index < -0.39 is 11.8 Å². The standard InChI is InChI=1S/C17H11N3O4/c1-2-24-17(23)9-5-6-12-11(8-9)13(21)15-19-14-10(4-3-7-18-14)16(22)20(12)15/h3-8H,2H2,1H3. The van der Waals surface area contributed by atoms with E-state index in [0.717, 1.165) is 0 Å². The summed E-state index contributed by atoms with van der Waals surface area (Å²) >= 11 is 0. The van der Waals surface area contributed by atoms with Crippen LogP contribution in [0.25, 0.3) is 16.7 Å². The van der Waals surface area contributed by atoms with Gasteiger partial charge >= 0.3 is 5.97 Å². The molecule has 2 aromatic heterocycles. The van der Waals surface area contributed by atoms with Crippen molar-refractivity contribution >= 4 is 22.8 Å². The zero-order chi connectivity index (χ0) is 16.8. The Morgan fingerprint density at radius 3 is 2.88 bits per heavy atom. The average molecular weight is 321 g/mol. The Labute approximate surface area is 135 Å². The van der Waals surface area contributed by atoms with Gasteiger partial charge < -0.3 is 4.74 Å². The van der Waals surface area contributed by atoms with Crippen molar-refractivity contribution in [1.29, 1.82) is 0 Å². The molecule has 0 saturated heterocycles. The first-order chi connectivity index (χ1) is 11.6. The molecule has 7 nitrogen and oxygen atoms in total. The van der Waals surface area contributed by atoms with Gasteiger partial charge in [-0.25, -0.2) is 14.8 Å². The minimum Gasteiger partial charge on any atom is -0.462 e. The van der Waals surface area contributed by atoms with Crippen LogP contribution >= 0.6 is 0 Å². The summed E-state index contributed by atoms with van der Waals surface area (Å²) in [5.41, 5.74) is 0.777. The third-order valence-electron chi connectivity index (χ3n) is 3.84. The smallest absolute Gasteiger partial charge is 0.338 e. The largest absolute Gasteiger partial charge is 0.462 e. The number of carbonyl (C=O) groups excluding carboxylic acids is 2. The molecule has 1 aliphatic rings. The molecule has 7 heteroatoms. The molecule has 0 fully saturated rings. The molecule has 0 atom stereocenters.